The maximum Gasteiger partial charge on any atom is 0.0208 e. The molecule has 0 saturated carbocycles. The molecule has 1 aromatic rings. The van der Waals surface area contributed by atoms with Gasteiger partial charge in [-0.25, -0.2) is 0 Å². The fourth-order valence-corrected chi connectivity index (χ4v) is 0.995. The Morgan fingerprint density at radius 3 is 2.56 bits per heavy atom. The lowest BCUT2D eigenvalue weighted by molar-refractivity contribution is 1.54. The summed E-state index contributed by atoms with van der Waals surface area (Å²) in [6.45, 7) is 0. The van der Waals surface area contributed by atoms with Gasteiger partial charge in [-0.2, -0.15) is 0 Å². The highest BCUT2D eigenvalue weighted by Crippen LogP contribution is 2.18. The van der Waals surface area contributed by atoms with E-state index >= 15 is 0 Å². The molecule has 0 unspecified atom stereocenters. The number of fused-ring (bicyclic) bond motifs is 1. The molecule has 1 aliphatic rings. The Bertz CT molecular complexity index is 246. The van der Waals surface area contributed by atoms with E-state index in [9.17, 15) is 0 Å². The molecule has 0 spiro atoms. The summed E-state index contributed by atoms with van der Waals surface area (Å²) in [4.78, 5) is 0. The monoisotopic (exact) mass is 114 g/mol. The number of hydrogen-bond acceptors (Lipinski definition) is 0. The molecule has 0 bridgehead atoms. The molecule has 1 aromatic carbocycles. The lowest BCUT2D eigenvalue weighted by Gasteiger charge is -1.92. The Morgan fingerprint density at radius 1 is 1.00 bits per heavy atom. The minimum Gasteiger partial charge on any atom is -0.0619 e. The zero-order chi connectivity index (χ0) is 6.10. The number of benzene rings is 1. The van der Waals surface area contributed by atoms with Gasteiger partial charge < -0.3 is 0 Å². The van der Waals surface area contributed by atoms with Gasteiger partial charge in [-0.3, -0.25) is 0 Å². The minimum absolute atomic E-state index is 1.28. The van der Waals surface area contributed by atoms with E-state index in [1.165, 1.54) is 11.1 Å². The quantitative estimate of drug-likeness (QED) is 0.484. The predicted molar refractivity (Wildman–Crippen MR) is 37.6 cm³/mol. The second kappa shape index (κ2) is 1.73. The molecule has 0 N–H and O–H groups in total. The van der Waals surface area contributed by atoms with Crippen LogP contribution in [-0.4, -0.2) is 0 Å². The Morgan fingerprint density at radius 2 is 1.78 bits per heavy atom. The smallest absolute Gasteiger partial charge is 0.0208 e. The first-order valence-corrected chi connectivity index (χ1v) is 2.98. The van der Waals surface area contributed by atoms with Crippen molar-refractivity contribution in [3.8, 4) is 0 Å². The molecule has 0 amide bonds. The van der Waals surface area contributed by atoms with Crippen LogP contribution < -0.4 is 0 Å². The molecule has 2 rings (SSSR count). The summed E-state index contributed by atoms with van der Waals surface area (Å²) in [6.07, 6.45) is 7.03. The molecule has 0 heterocycles. The van der Waals surface area contributed by atoms with E-state index in [2.05, 4.69) is 18.2 Å². The maximum absolute atomic E-state index is 3.04. The summed E-state index contributed by atoms with van der Waals surface area (Å²) in [6, 6.07) is 8.25. The van der Waals surface area contributed by atoms with Gasteiger partial charge in [0.05, 0.1) is 0 Å². The van der Waals surface area contributed by atoms with Crippen molar-refractivity contribution in [3.63, 3.8) is 0 Å². The van der Waals surface area contributed by atoms with Crippen molar-refractivity contribution in [1.82, 2.24) is 0 Å². The van der Waals surface area contributed by atoms with Crippen LogP contribution in [0.15, 0.2) is 24.3 Å². The molecular formula is C9H6. The SMILES string of the molecule is [C]1=Cc2ccccc2[CH]1. The van der Waals surface area contributed by atoms with Crippen molar-refractivity contribution in [2.24, 2.45) is 0 Å². The largest absolute Gasteiger partial charge is 0.0619 e. The molecule has 0 heteroatoms. The molecule has 2 radical (unpaired) electrons. The molecule has 0 saturated heterocycles. The predicted octanol–water partition coefficient (Wildman–Crippen LogP) is 2.07. The van der Waals surface area contributed by atoms with Crippen LogP contribution in [0.1, 0.15) is 11.1 Å². The zero-order valence-corrected chi connectivity index (χ0v) is 4.96. The Kier molecular flexibility index (Phi) is 0.922. The molecule has 0 nitrogen and oxygen atoms in total. The van der Waals surface area contributed by atoms with Crippen LogP contribution in [-0.2, 0) is 0 Å². The van der Waals surface area contributed by atoms with E-state index in [1.807, 2.05) is 24.6 Å². The Labute approximate surface area is 54.8 Å². The highest BCUT2D eigenvalue weighted by atomic mass is 14.0. The van der Waals surface area contributed by atoms with Crippen LogP contribution >= 0.6 is 0 Å². The summed E-state index contributed by atoms with van der Waals surface area (Å²) >= 11 is 0. The van der Waals surface area contributed by atoms with Crippen molar-refractivity contribution in [2.75, 3.05) is 0 Å². The average molecular weight is 114 g/mol. The van der Waals surface area contributed by atoms with Gasteiger partial charge in [-0.1, -0.05) is 30.3 Å². The van der Waals surface area contributed by atoms with E-state index in [1.54, 1.807) is 0 Å². The molecular weight excluding hydrogens is 108 g/mol. The second-order valence-electron chi connectivity index (χ2n) is 2.08. The first-order valence-electron chi connectivity index (χ1n) is 2.98. The number of rotatable bonds is 0. The first kappa shape index (κ1) is 4.80. The fourth-order valence-electron chi connectivity index (χ4n) is 0.995. The van der Waals surface area contributed by atoms with Crippen LogP contribution in [0.25, 0.3) is 6.08 Å². The third-order valence-corrected chi connectivity index (χ3v) is 1.47. The standard InChI is InChI=1S/C9H6/c1-2-5-9-7-3-6-8(9)4-1/h1-2,4-7H. The third-order valence-electron chi connectivity index (χ3n) is 1.47. The van der Waals surface area contributed by atoms with Crippen LogP contribution in [0.3, 0.4) is 0 Å². The average Bonchev–Trinajstić information content (AvgIpc) is 2.33. The van der Waals surface area contributed by atoms with Gasteiger partial charge in [0.1, 0.15) is 0 Å². The summed E-state index contributed by atoms with van der Waals surface area (Å²) < 4.78 is 0. The Balaban J connectivity index is 2.63. The summed E-state index contributed by atoms with van der Waals surface area (Å²) in [5, 5.41) is 0. The van der Waals surface area contributed by atoms with E-state index < -0.39 is 0 Å². The van der Waals surface area contributed by atoms with Crippen molar-refractivity contribution in [3.05, 3.63) is 47.9 Å². The second-order valence-corrected chi connectivity index (χ2v) is 2.08. The molecule has 0 atom stereocenters. The third kappa shape index (κ3) is 0.672. The molecule has 0 aliphatic heterocycles. The molecule has 0 fully saturated rings. The summed E-state index contributed by atoms with van der Waals surface area (Å²) in [5.41, 5.74) is 2.55. The maximum atomic E-state index is 3.04. The molecule has 1 aliphatic carbocycles. The van der Waals surface area contributed by atoms with E-state index in [-0.39, 0.29) is 0 Å². The summed E-state index contributed by atoms with van der Waals surface area (Å²) in [7, 11) is 0. The topological polar surface area (TPSA) is 0 Å². The van der Waals surface area contributed by atoms with Crippen molar-refractivity contribution >= 4 is 6.08 Å². The molecule has 0 aromatic heterocycles. The van der Waals surface area contributed by atoms with Gasteiger partial charge in [-0.05, 0) is 17.2 Å². The molecule has 42 valence electrons. The van der Waals surface area contributed by atoms with E-state index in [0.29, 0.717) is 0 Å². The van der Waals surface area contributed by atoms with Crippen molar-refractivity contribution in [2.45, 2.75) is 0 Å². The van der Waals surface area contributed by atoms with Gasteiger partial charge in [0, 0.05) is 6.42 Å². The van der Waals surface area contributed by atoms with Crippen LogP contribution in [0.5, 0.6) is 0 Å². The van der Waals surface area contributed by atoms with Crippen molar-refractivity contribution < 1.29 is 0 Å². The van der Waals surface area contributed by atoms with Gasteiger partial charge in [-0.15, -0.1) is 0 Å². The van der Waals surface area contributed by atoms with E-state index in [4.69, 9.17) is 0 Å². The van der Waals surface area contributed by atoms with Crippen molar-refractivity contribution in [1.29, 1.82) is 0 Å². The highest BCUT2D eigenvalue weighted by molar-refractivity contribution is 5.61. The lowest BCUT2D eigenvalue weighted by Crippen LogP contribution is -1.75. The first-order chi connectivity index (χ1) is 4.47. The van der Waals surface area contributed by atoms with Gasteiger partial charge in [0.15, 0.2) is 0 Å². The van der Waals surface area contributed by atoms with Crippen LogP contribution in [0.4, 0.5) is 0 Å². The molecule has 9 heavy (non-hydrogen) atoms. The fraction of sp³-hybridized carbons (Fsp3) is 0. The summed E-state index contributed by atoms with van der Waals surface area (Å²) in [5.74, 6) is 0. The number of allylic oxidation sites excluding steroid dienone is 1. The van der Waals surface area contributed by atoms with Gasteiger partial charge in [0.2, 0.25) is 0 Å². The van der Waals surface area contributed by atoms with Gasteiger partial charge >= 0.3 is 0 Å². The zero-order valence-electron chi connectivity index (χ0n) is 4.96. The van der Waals surface area contributed by atoms with E-state index in [0.717, 1.165) is 0 Å². The number of hydrogen-bond donors (Lipinski definition) is 0. The minimum atomic E-state index is 1.28. The normalized spacial score (nSPS) is 13.8. The van der Waals surface area contributed by atoms with Crippen LogP contribution in [0.2, 0.25) is 0 Å². The lowest BCUT2D eigenvalue weighted by atomic mass is 10.1. The van der Waals surface area contributed by atoms with Crippen LogP contribution in [0, 0.1) is 12.5 Å². The Hall–Kier alpha value is -1.04. The van der Waals surface area contributed by atoms with Gasteiger partial charge in [0.25, 0.3) is 0 Å². The highest BCUT2D eigenvalue weighted by Gasteiger charge is 2.01.